The molecule has 1 aliphatic heterocycles. The van der Waals surface area contributed by atoms with Crippen LogP contribution in [0.3, 0.4) is 0 Å². The topological polar surface area (TPSA) is 70.7 Å². The number of carbonyl (C=O) groups is 2. The lowest BCUT2D eigenvalue weighted by molar-refractivity contribution is -0.128. The van der Waals surface area contributed by atoms with Gasteiger partial charge in [0.05, 0.1) is 13.2 Å². The first kappa shape index (κ1) is 20.8. The Morgan fingerprint density at radius 2 is 1.54 bits per heavy atom. The summed E-state index contributed by atoms with van der Waals surface area (Å²) in [5.74, 6) is 0.255. The summed E-state index contributed by atoms with van der Waals surface area (Å²) < 4.78 is 5.34. The van der Waals surface area contributed by atoms with E-state index in [0.717, 1.165) is 75.3 Å². The zero-order chi connectivity index (χ0) is 19.9. The van der Waals surface area contributed by atoms with Crippen molar-refractivity contribution in [1.29, 1.82) is 0 Å². The van der Waals surface area contributed by atoms with E-state index < -0.39 is 0 Å². The molecule has 0 aromatic heterocycles. The Hall–Kier alpha value is -1.92. The number of nitrogens with zero attached hydrogens (tertiary/aromatic N) is 1. The molecule has 2 N–H and O–H groups in total. The molecule has 1 saturated heterocycles. The molecule has 6 nitrogen and oxygen atoms in total. The normalized spacial score (nSPS) is 23.2. The molecule has 0 unspecified atom stereocenters. The van der Waals surface area contributed by atoms with Crippen LogP contribution in [0.15, 0.2) is 18.2 Å². The molecule has 6 heteroatoms. The Labute approximate surface area is 168 Å². The Morgan fingerprint density at radius 3 is 2.14 bits per heavy atom. The van der Waals surface area contributed by atoms with Gasteiger partial charge in [-0.1, -0.05) is 6.07 Å². The highest BCUT2D eigenvalue weighted by atomic mass is 16.5. The van der Waals surface area contributed by atoms with Crippen molar-refractivity contribution in [2.75, 3.05) is 44.7 Å². The van der Waals surface area contributed by atoms with E-state index in [1.54, 1.807) is 0 Å². The van der Waals surface area contributed by atoms with E-state index in [1.165, 1.54) is 0 Å². The number of aryl methyl sites for hydroxylation is 2. The molecule has 154 valence electrons. The van der Waals surface area contributed by atoms with E-state index >= 15 is 0 Å². The summed E-state index contributed by atoms with van der Waals surface area (Å²) in [6.07, 6.45) is 3.12. The Kier molecular flexibility index (Phi) is 7.45. The number of nitrogens with one attached hydrogen (secondary N) is 2. The van der Waals surface area contributed by atoms with Gasteiger partial charge in [0.2, 0.25) is 11.8 Å². The molecule has 2 amide bonds. The lowest BCUT2D eigenvalue weighted by Crippen LogP contribution is -2.43. The minimum absolute atomic E-state index is 0.00165. The van der Waals surface area contributed by atoms with Crippen LogP contribution in [0, 0.1) is 25.7 Å². The minimum Gasteiger partial charge on any atom is -0.379 e. The van der Waals surface area contributed by atoms with Gasteiger partial charge in [-0.25, -0.2) is 0 Å². The van der Waals surface area contributed by atoms with Gasteiger partial charge < -0.3 is 15.4 Å². The standard InChI is InChI=1S/C22H33N3O3/c1-16-13-17(2)15-20(14-16)24-22(27)19-5-3-18(4-6-19)21(26)23-7-8-25-9-11-28-12-10-25/h13-15,18-19H,3-12H2,1-2H3,(H,23,26)(H,24,27). The average Bonchev–Trinajstić information content (AvgIpc) is 2.68. The molecular weight excluding hydrogens is 354 g/mol. The molecule has 1 saturated carbocycles. The molecule has 28 heavy (non-hydrogen) atoms. The van der Waals surface area contributed by atoms with Crippen LogP contribution in [-0.4, -0.2) is 56.1 Å². The molecule has 2 aliphatic rings. The fraction of sp³-hybridized carbons (Fsp3) is 0.636. The Balaban J connectivity index is 1.38. The number of morpholine rings is 1. The summed E-state index contributed by atoms with van der Waals surface area (Å²) in [7, 11) is 0. The summed E-state index contributed by atoms with van der Waals surface area (Å²) in [5, 5.41) is 6.13. The first-order valence-corrected chi connectivity index (χ1v) is 10.5. The molecule has 1 aromatic carbocycles. The van der Waals surface area contributed by atoms with Crippen LogP contribution in [0.25, 0.3) is 0 Å². The SMILES string of the molecule is Cc1cc(C)cc(NC(=O)C2CCC(C(=O)NCCN3CCOCC3)CC2)c1. The second-order valence-corrected chi connectivity index (χ2v) is 8.16. The number of hydrogen-bond acceptors (Lipinski definition) is 4. The molecule has 1 heterocycles. The molecule has 0 radical (unpaired) electrons. The van der Waals surface area contributed by atoms with Gasteiger partial charge in [-0.15, -0.1) is 0 Å². The number of anilines is 1. The van der Waals surface area contributed by atoms with E-state index in [2.05, 4.69) is 21.6 Å². The van der Waals surface area contributed by atoms with Crippen molar-refractivity contribution >= 4 is 17.5 Å². The number of amides is 2. The van der Waals surface area contributed by atoms with Gasteiger partial charge in [-0.3, -0.25) is 14.5 Å². The molecule has 0 bridgehead atoms. The zero-order valence-corrected chi connectivity index (χ0v) is 17.1. The molecule has 1 aromatic rings. The van der Waals surface area contributed by atoms with Crippen molar-refractivity contribution in [3.63, 3.8) is 0 Å². The summed E-state index contributed by atoms with van der Waals surface area (Å²) in [5.41, 5.74) is 3.16. The van der Waals surface area contributed by atoms with E-state index in [-0.39, 0.29) is 23.7 Å². The zero-order valence-electron chi connectivity index (χ0n) is 17.1. The lowest BCUT2D eigenvalue weighted by atomic mass is 9.81. The minimum atomic E-state index is -0.00165. The summed E-state index contributed by atoms with van der Waals surface area (Å²) >= 11 is 0. The summed E-state index contributed by atoms with van der Waals surface area (Å²) in [6, 6.07) is 6.09. The lowest BCUT2D eigenvalue weighted by Gasteiger charge is -2.28. The quantitative estimate of drug-likeness (QED) is 0.787. The largest absolute Gasteiger partial charge is 0.379 e. The van der Waals surface area contributed by atoms with E-state index in [0.29, 0.717) is 6.54 Å². The maximum absolute atomic E-state index is 12.6. The Morgan fingerprint density at radius 1 is 0.964 bits per heavy atom. The number of hydrogen-bond donors (Lipinski definition) is 2. The maximum atomic E-state index is 12.6. The number of rotatable bonds is 6. The molecular formula is C22H33N3O3. The van der Waals surface area contributed by atoms with Crippen LogP contribution in [-0.2, 0) is 14.3 Å². The maximum Gasteiger partial charge on any atom is 0.227 e. The number of benzene rings is 1. The number of ether oxygens (including phenoxy) is 1. The van der Waals surface area contributed by atoms with Crippen LogP contribution < -0.4 is 10.6 Å². The van der Waals surface area contributed by atoms with Gasteiger partial charge in [0.25, 0.3) is 0 Å². The van der Waals surface area contributed by atoms with Crippen molar-refractivity contribution < 1.29 is 14.3 Å². The summed E-state index contributed by atoms with van der Waals surface area (Å²) in [6.45, 7) is 9.07. The smallest absolute Gasteiger partial charge is 0.227 e. The third-order valence-electron chi connectivity index (χ3n) is 5.79. The van der Waals surface area contributed by atoms with E-state index in [9.17, 15) is 9.59 Å². The first-order valence-electron chi connectivity index (χ1n) is 10.5. The van der Waals surface area contributed by atoms with Gasteiger partial charge in [0.1, 0.15) is 0 Å². The first-order chi connectivity index (χ1) is 13.5. The van der Waals surface area contributed by atoms with Crippen LogP contribution in [0.5, 0.6) is 0 Å². The van der Waals surface area contributed by atoms with Crippen molar-refractivity contribution in [3.8, 4) is 0 Å². The van der Waals surface area contributed by atoms with Crippen molar-refractivity contribution in [3.05, 3.63) is 29.3 Å². The molecule has 1 aliphatic carbocycles. The second-order valence-electron chi connectivity index (χ2n) is 8.16. The van der Waals surface area contributed by atoms with Crippen LogP contribution in [0.1, 0.15) is 36.8 Å². The van der Waals surface area contributed by atoms with Crippen LogP contribution in [0.4, 0.5) is 5.69 Å². The predicted molar refractivity (Wildman–Crippen MR) is 110 cm³/mol. The third kappa shape index (κ3) is 6.04. The van der Waals surface area contributed by atoms with Gasteiger partial charge >= 0.3 is 0 Å². The van der Waals surface area contributed by atoms with Gasteiger partial charge in [-0.2, -0.15) is 0 Å². The van der Waals surface area contributed by atoms with Crippen LogP contribution in [0.2, 0.25) is 0 Å². The van der Waals surface area contributed by atoms with E-state index in [1.807, 2.05) is 26.0 Å². The van der Waals surface area contributed by atoms with Crippen LogP contribution >= 0.6 is 0 Å². The summed E-state index contributed by atoms with van der Waals surface area (Å²) in [4.78, 5) is 27.3. The second kappa shape index (κ2) is 10.0. The molecule has 0 atom stereocenters. The molecule has 3 rings (SSSR count). The highest BCUT2D eigenvalue weighted by molar-refractivity contribution is 5.93. The number of carbonyl (C=O) groups excluding carboxylic acids is 2. The van der Waals surface area contributed by atoms with Gasteiger partial charge in [0, 0.05) is 43.7 Å². The van der Waals surface area contributed by atoms with Crippen molar-refractivity contribution in [2.24, 2.45) is 11.8 Å². The highest BCUT2D eigenvalue weighted by Gasteiger charge is 2.30. The fourth-order valence-electron chi connectivity index (χ4n) is 4.22. The fourth-order valence-corrected chi connectivity index (χ4v) is 4.22. The monoisotopic (exact) mass is 387 g/mol. The van der Waals surface area contributed by atoms with Crippen molar-refractivity contribution in [1.82, 2.24) is 10.2 Å². The van der Waals surface area contributed by atoms with E-state index in [4.69, 9.17) is 4.74 Å². The van der Waals surface area contributed by atoms with Gasteiger partial charge in [0.15, 0.2) is 0 Å². The van der Waals surface area contributed by atoms with Gasteiger partial charge in [-0.05, 0) is 62.8 Å². The van der Waals surface area contributed by atoms with Crippen molar-refractivity contribution in [2.45, 2.75) is 39.5 Å². The third-order valence-corrected chi connectivity index (χ3v) is 5.79. The predicted octanol–water partition coefficient (Wildman–Crippen LogP) is 2.50. The Bertz CT molecular complexity index is 657. The molecule has 2 fully saturated rings. The molecule has 0 spiro atoms. The average molecular weight is 388 g/mol. The highest BCUT2D eigenvalue weighted by Crippen LogP contribution is 2.30.